The van der Waals surface area contributed by atoms with Gasteiger partial charge >= 0.3 is 6.18 Å². The number of hydrogen-bond donors (Lipinski definition) is 1. The van der Waals surface area contributed by atoms with Crippen LogP contribution in [0.2, 0.25) is 0 Å². The normalized spacial score (nSPS) is 12.0. The van der Waals surface area contributed by atoms with E-state index in [0.29, 0.717) is 5.56 Å². The number of hydrogen-bond acceptors (Lipinski definition) is 4. The average Bonchev–Trinajstić information content (AvgIpc) is 2.95. The molecule has 0 saturated carbocycles. The van der Waals surface area contributed by atoms with Gasteiger partial charge in [0.1, 0.15) is 0 Å². The number of aryl methyl sites for hydroxylation is 1. The van der Waals surface area contributed by atoms with Crippen molar-refractivity contribution in [2.45, 2.75) is 6.18 Å². The van der Waals surface area contributed by atoms with E-state index >= 15 is 0 Å². The highest BCUT2D eigenvalue weighted by molar-refractivity contribution is 7.14. The van der Waals surface area contributed by atoms with Gasteiger partial charge in [-0.1, -0.05) is 0 Å². The maximum absolute atomic E-state index is 12.3. The van der Waals surface area contributed by atoms with Gasteiger partial charge in [0.15, 0.2) is 10.8 Å². The zero-order chi connectivity index (χ0) is 14.8. The number of thiazole rings is 1. The number of aromatic nitrogens is 3. The summed E-state index contributed by atoms with van der Waals surface area (Å²) in [5, 5.41) is 6.92. The minimum atomic E-state index is -4.51. The van der Waals surface area contributed by atoms with Crippen molar-refractivity contribution in [1.29, 1.82) is 0 Å². The lowest BCUT2D eigenvalue weighted by molar-refractivity contribution is -0.140. The lowest BCUT2D eigenvalue weighted by Crippen LogP contribution is -2.09. The summed E-state index contributed by atoms with van der Waals surface area (Å²) in [4.78, 5) is 14.8. The first-order valence-corrected chi connectivity index (χ1v) is 6.23. The summed E-state index contributed by atoms with van der Waals surface area (Å²) in [5.41, 5.74) is -0.313. The summed E-state index contributed by atoms with van der Waals surface area (Å²) >= 11 is 0.717. The van der Waals surface area contributed by atoms with E-state index in [1.54, 1.807) is 24.1 Å². The third-order valence-corrected chi connectivity index (χ3v) is 2.93. The van der Waals surface area contributed by atoms with E-state index < -0.39 is 17.8 Å². The van der Waals surface area contributed by atoms with Crippen molar-refractivity contribution < 1.29 is 18.0 Å². The lowest BCUT2D eigenvalue weighted by Gasteiger charge is -2.00. The standard InChI is InChI=1S/C11H9F3N4OS/c1-18-5-7(4-15-18)2-3-9(19)17-10-16-8(6-20-10)11(12,13)14/h2-6H,1H3,(H,16,17,19)/b3-2+. The predicted molar refractivity (Wildman–Crippen MR) is 68.0 cm³/mol. The van der Waals surface area contributed by atoms with E-state index in [1.165, 1.54) is 12.2 Å². The highest BCUT2D eigenvalue weighted by Crippen LogP contribution is 2.31. The average molecular weight is 302 g/mol. The molecule has 0 unspecified atom stereocenters. The van der Waals surface area contributed by atoms with Crippen molar-refractivity contribution in [3.63, 3.8) is 0 Å². The molecule has 106 valence electrons. The zero-order valence-corrected chi connectivity index (χ0v) is 11.0. The summed E-state index contributed by atoms with van der Waals surface area (Å²) in [6.45, 7) is 0. The molecule has 0 bridgehead atoms. The first kappa shape index (κ1) is 14.3. The number of nitrogens with one attached hydrogen (secondary N) is 1. The Morgan fingerprint density at radius 1 is 1.50 bits per heavy atom. The van der Waals surface area contributed by atoms with Crippen LogP contribution in [0.25, 0.3) is 6.08 Å². The molecule has 5 nitrogen and oxygen atoms in total. The third kappa shape index (κ3) is 3.67. The second kappa shape index (κ2) is 5.45. The Balaban J connectivity index is 1.98. The summed E-state index contributed by atoms with van der Waals surface area (Å²) in [5.74, 6) is -0.558. The molecule has 0 spiro atoms. The minimum absolute atomic E-state index is 0.0989. The van der Waals surface area contributed by atoms with Gasteiger partial charge in [-0.15, -0.1) is 11.3 Å². The van der Waals surface area contributed by atoms with Crippen LogP contribution in [0.5, 0.6) is 0 Å². The summed E-state index contributed by atoms with van der Waals surface area (Å²) in [6.07, 6.45) is 1.43. The molecule has 0 fully saturated rings. The highest BCUT2D eigenvalue weighted by Gasteiger charge is 2.33. The fourth-order valence-electron chi connectivity index (χ4n) is 1.31. The van der Waals surface area contributed by atoms with E-state index in [0.717, 1.165) is 16.7 Å². The van der Waals surface area contributed by atoms with Gasteiger partial charge in [-0.05, 0) is 6.08 Å². The first-order chi connectivity index (χ1) is 9.34. The molecule has 0 aromatic carbocycles. The van der Waals surface area contributed by atoms with Crippen LogP contribution in [0.1, 0.15) is 11.3 Å². The molecule has 0 aliphatic carbocycles. The maximum Gasteiger partial charge on any atom is 0.434 e. The van der Waals surface area contributed by atoms with Gasteiger partial charge in [0.2, 0.25) is 5.91 Å². The Bertz CT molecular complexity index is 644. The Morgan fingerprint density at radius 3 is 2.80 bits per heavy atom. The molecular weight excluding hydrogens is 293 g/mol. The SMILES string of the molecule is Cn1cc(/C=C/C(=O)Nc2nc(C(F)(F)F)cs2)cn1. The smallest absolute Gasteiger partial charge is 0.298 e. The molecule has 0 aliphatic rings. The Labute approximate surface area is 115 Å². The molecule has 20 heavy (non-hydrogen) atoms. The third-order valence-electron chi connectivity index (χ3n) is 2.18. The van der Waals surface area contributed by atoms with Crippen LogP contribution in [0.15, 0.2) is 23.8 Å². The molecule has 2 heterocycles. The molecule has 2 aromatic rings. The van der Waals surface area contributed by atoms with E-state index in [9.17, 15) is 18.0 Å². The van der Waals surface area contributed by atoms with E-state index in [2.05, 4.69) is 15.4 Å². The van der Waals surface area contributed by atoms with Crippen molar-refractivity contribution in [3.05, 3.63) is 35.1 Å². The van der Waals surface area contributed by atoms with Gasteiger partial charge in [-0.25, -0.2) is 4.98 Å². The van der Waals surface area contributed by atoms with Gasteiger partial charge in [0.05, 0.1) is 6.20 Å². The van der Waals surface area contributed by atoms with Crippen LogP contribution in [0.4, 0.5) is 18.3 Å². The molecule has 1 N–H and O–H groups in total. The lowest BCUT2D eigenvalue weighted by atomic mass is 10.3. The maximum atomic E-state index is 12.3. The largest absolute Gasteiger partial charge is 0.434 e. The van der Waals surface area contributed by atoms with Crippen LogP contribution in [-0.4, -0.2) is 20.7 Å². The molecule has 9 heteroatoms. The quantitative estimate of drug-likeness (QED) is 0.886. The Morgan fingerprint density at radius 2 is 2.25 bits per heavy atom. The minimum Gasteiger partial charge on any atom is -0.298 e. The second-order valence-corrected chi connectivity index (χ2v) is 4.66. The number of amides is 1. The van der Waals surface area contributed by atoms with Crippen LogP contribution in [0.3, 0.4) is 0 Å². The number of carbonyl (C=O) groups excluding carboxylic acids is 1. The number of nitrogens with zero attached hydrogens (tertiary/aromatic N) is 3. The highest BCUT2D eigenvalue weighted by atomic mass is 32.1. The molecule has 1 amide bonds. The van der Waals surface area contributed by atoms with Crippen LogP contribution < -0.4 is 5.32 Å². The summed E-state index contributed by atoms with van der Waals surface area (Å²) in [6, 6.07) is 0. The monoisotopic (exact) mass is 302 g/mol. The predicted octanol–water partition coefficient (Wildman–Crippen LogP) is 2.55. The molecular formula is C11H9F3N4OS. The van der Waals surface area contributed by atoms with E-state index in [-0.39, 0.29) is 5.13 Å². The van der Waals surface area contributed by atoms with Crippen molar-refractivity contribution >= 4 is 28.5 Å². The second-order valence-electron chi connectivity index (χ2n) is 3.81. The Hall–Kier alpha value is -2.16. The van der Waals surface area contributed by atoms with Gasteiger partial charge in [0, 0.05) is 30.3 Å². The molecule has 2 rings (SSSR count). The van der Waals surface area contributed by atoms with Crippen LogP contribution in [0, 0.1) is 0 Å². The first-order valence-electron chi connectivity index (χ1n) is 5.35. The van der Waals surface area contributed by atoms with Crippen molar-refractivity contribution in [3.8, 4) is 0 Å². The fraction of sp³-hybridized carbons (Fsp3) is 0.182. The molecule has 0 radical (unpaired) electrons. The van der Waals surface area contributed by atoms with Gasteiger partial charge in [-0.2, -0.15) is 18.3 Å². The van der Waals surface area contributed by atoms with Gasteiger partial charge < -0.3 is 0 Å². The fourth-order valence-corrected chi connectivity index (χ4v) is 2.03. The molecule has 2 aromatic heterocycles. The van der Waals surface area contributed by atoms with Crippen molar-refractivity contribution in [2.75, 3.05) is 5.32 Å². The number of carbonyl (C=O) groups is 1. The van der Waals surface area contributed by atoms with Crippen LogP contribution >= 0.6 is 11.3 Å². The van der Waals surface area contributed by atoms with E-state index in [1.807, 2.05) is 0 Å². The van der Waals surface area contributed by atoms with Crippen molar-refractivity contribution in [2.24, 2.45) is 7.05 Å². The zero-order valence-electron chi connectivity index (χ0n) is 10.2. The number of rotatable bonds is 3. The number of anilines is 1. The van der Waals surface area contributed by atoms with Crippen LogP contribution in [-0.2, 0) is 18.0 Å². The topological polar surface area (TPSA) is 59.8 Å². The van der Waals surface area contributed by atoms with E-state index in [4.69, 9.17) is 0 Å². The summed E-state index contributed by atoms with van der Waals surface area (Å²) < 4.78 is 38.5. The van der Waals surface area contributed by atoms with Gasteiger partial charge in [0.25, 0.3) is 0 Å². The van der Waals surface area contributed by atoms with Gasteiger partial charge in [-0.3, -0.25) is 14.8 Å². The molecule has 0 aliphatic heterocycles. The molecule has 0 atom stereocenters. The Kier molecular flexibility index (Phi) is 3.89. The molecule has 0 saturated heterocycles. The summed E-state index contributed by atoms with van der Waals surface area (Å²) in [7, 11) is 1.73. The van der Waals surface area contributed by atoms with Crippen molar-refractivity contribution in [1.82, 2.24) is 14.8 Å². The number of halogens is 3. The number of alkyl halides is 3.